The van der Waals surface area contributed by atoms with Crippen molar-refractivity contribution < 1.29 is 0 Å². The van der Waals surface area contributed by atoms with Crippen molar-refractivity contribution >= 4 is 29.1 Å². The SMILES string of the molecule is CN[C@@H]1C[C@H](C)CN(c2ccc(C#N)c3nccnc23)C1.Cl. The van der Waals surface area contributed by atoms with Crippen LogP contribution in [0, 0.1) is 17.2 Å². The molecule has 2 aromatic rings. The fourth-order valence-electron chi connectivity index (χ4n) is 3.15. The van der Waals surface area contributed by atoms with Gasteiger partial charge in [0.25, 0.3) is 0 Å². The molecule has 1 N–H and O–H groups in total. The van der Waals surface area contributed by atoms with E-state index in [1.165, 1.54) is 6.42 Å². The van der Waals surface area contributed by atoms with Gasteiger partial charge in [0, 0.05) is 31.5 Å². The van der Waals surface area contributed by atoms with Crippen LogP contribution in [0.15, 0.2) is 24.5 Å². The van der Waals surface area contributed by atoms with Crippen molar-refractivity contribution in [3.63, 3.8) is 0 Å². The molecule has 2 atom stereocenters. The summed E-state index contributed by atoms with van der Waals surface area (Å²) in [5.74, 6) is 0.624. The molecule has 1 saturated heterocycles. The van der Waals surface area contributed by atoms with Crippen LogP contribution in [0.2, 0.25) is 0 Å². The van der Waals surface area contributed by atoms with Gasteiger partial charge in [0.2, 0.25) is 0 Å². The molecule has 0 amide bonds. The van der Waals surface area contributed by atoms with E-state index >= 15 is 0 Å². The van der Waals surface area contributed by atoms with E-state index in [0.29, 0.717) is 23.0 Å². The summed E-state index contributed by atoms with van der Waals surface area (Å²) in [6.07, 6.45) is 4.52. The maximum Gasteiger partial charge on any atom is 0.113 e. The third-order valence-electron chi connectivity index (χ3n) is 4.13. The number of nitrogens with one attached hydrogen (secondary N) is 1. The van der Waals surface area contributed by atoms with Gasteiger partial charge in [0.15, 0.2) is 0 Å². The van der Waals surface area contributed by atoms with Crippen molar-refractivity contribution in [2.24, 2.45) is 5.92 Å². The Morgan fingerprint density at radius 3 is 2.64 bits per heavy atom. The van der Waals surface area contributed by atoms with Crippen molar-refractivity contribution in [2.75, 3.05) is 25.0 Å². The number of benzene rings is 1. The van der Waals surface area contributed by atoms with Gasteiger partial charge in [-0.05, 0) is 31.5 Å². The van der Waals surface area contributed by atoms with Crippen LogP contribution in [0.4, 0.5) is 5.69 Å². The molecule has 1 fully saturated rings. The molecule has 1 aromatic heterocycles. The average molecular weight is 318 g/mol. The van der Waals surface area contributed by atoms with Crippen molar-refractivity contribution in [3.8, 4) is 6.07 Å². The first-order chi connectivity index (χ1) is 10.2. The second-order valence-electron chi connectivity index (χ2n) is 5.73. The number of hydrogen-bond acceptors (Lipinski definition) is 5. The van der Waals surface area contributed by atoms with E-state index in [1.807, 2.05) is 19.2 Å². The molecule has 1 aromatic carbocycles. The van der Waals surface area contributed by atoms with Gasteiger partial charge < -0.3 is 10.2 Å². The predicted octanol–water partition coefficient (Wildman–Crippen LogP) is 2.36. The fourth-order valence-corrected chi connectivity index (χ4v) is 3.15. The molecular formula is C16H20ClN5. The van der Waals surface area contributed by atoms with E-state index in [0.717, 1.165) is 24.3 Å². The molecule has 116 valence electrons. The zero-order valence-corrected chi connectivity index (χ0v) is 13.6. The number of anilines is 1. The molecule has 2 heterocycles. The Morgan fingerprint density at radius 1 is 1.23 bits per heavy atom. The van der Waals surface area contributed by atoms with Crippen LogP contribution in [0.3, 0.4) is 0 Å². The lowest BCUT2D eigenvalue weighted by molar-refractivity contribution is 0.367. The number of nitriles is 1. The highest BCUT2D eigenvalue weighted by atomic mass is 35.5. The molecule has 0 aliphatic carbocycles. The van der Waals surface area contributed by atoms with E-state index in [1.54, 1.807) is 12.4 Å². The van der Waals surface area contributed by atoms with E-state index in [2.05, 4.69) is 33.2 Å². The Labute approximate surface area is 136 Å². The number of hydrogen-bond donors (Lipinski definition) is 1. The molecule has 1 aliphatic heterocycles. The third kappa shape index (κ3) is 2.99. The number of fused-ring (bicyclic) bond motifs is 1. The second-order valence-corrected chi connectivity index (χ2v) is 5.73. The first-order valence-corrected chi connectivity index (χ1v) is 7.29. The molecule has 3 rings (SSSR count). The number of rotatable bonds is 2. The van der Waals surface area contributed by atoms with Gasteiger partial charge >= 0.3 is 0 Å². The molecule has 5 nitrogen and oxygen atoms in total. The normalized spacial score (nSPS) is 21.2. The largest absolute Gasteiger partial charge is 0.368 e. The van der Waals surface area contributed by atoms with Crippen molar-refractivity contribution in [1.29, 1.82) is 5.26 Å². The highest BCUT2D eigenvalue weighted by molar-refractivity contribution is 5.92. The van der Waals surface area contributed by atoms with Gasteiger partial charge in [-0.2, -0.15) is 5.26 Å². The molecule has 0 saturated carbocycles. The Kier molecular flexibility index (Phi) is 5.17. The molecule has 0 unspecified atom stereocenters. The minimum Gasteiger partial charge on any atom is -0.368 e. The smallest absolute Gasteiger partial charge is 0.113 e. The zero-order chi connectivity index (χ0) is 14.8. The quantitative estimate of drug-likeness (QED) is 0.921. The lowest BCUT2D eigenvalue weighted by atomic mass is 9.95. The standard InChI is InChI=1S/C16H19N5.ClH/c1-11-7-13(18-2)10-21(9-11)14-4-3-12(8-17)15-16(14)20-6-5-19-15;/h3-6,11,13,18H,7,9-10H2,1-2H3;1H/t11-,13+;/m0./s1. The van der Waals surface area contributed by atoms with Gasteiger partial charge in [-0.15, -0.1) is 12.4 Å². The van der Waals surface area contributed by atoms with Crippen LogP contribution in [0.1, 0.15) is 18.9 Å². The lowest BCUT2D eigenvalue weighted by Crippen LogP contribution is -2.47. The number of piperidine rings is 1. The van der Waals surface area contributed by atoms with E-state index in [-0.39, 0.29) is 12.4 Å². The number of likely N-dealkylation sites (N-methyl/N-ethyl adjacent to an activating group) is 1. The molecule has 0 bridgehead atoms. The molecular weight excluding hydrogens is 298 g/mol. The molecule has 6 heteroatoms. The lowest BCUT2D eigenvalue weighted by Gasteiger charge is -2.38. The van der Waals surface area contributed by atoms with Crippen LogP contribution in [0.5, 0.6) is 0 Å². The van der Waals surface area contributed by atoms with Crippen LogP contribution in [-0.2, 0) is 0 Å². The topological polar surface area (TPSA) is 64.8 Å². The van der Waals surface area contributed by atoms with Crippen molar-refractivity contribution in [3.05, 3.63) is 30.1 Å². The summed E-state index contributed by atoms with van der Waals surface area (Å²) >= 11 is 0. The van der Waals surface area contributed by atoms with Crippen LogP contribution in [0.25, 0.3) is 11.0 Å². The Morgan fingerprint density at radius 2 is 1.95 bits per heavy atom. The predicted molar refractivity (Wildman–Crippen MR) is 90.3 cm³/mol. The first-order valence-electron chi connectivity index (χ1n) is 7.29. The van der Waals surface area contributed by atoms with Crippen LogP contribution in [-0.4, -0.2) is 36.1 Å². The third-order valence-corrected chi connectivity index (χ3v) is 4.13. The summed E-state index contributed by atoms with van der Waals surface area (Å²) < 4.78 is 0. The summed E-state index contributed by atoms with van der Waals surface area (Å²) in [6.45, 7) is 4.24. The Hall–Kier alpha value is -1.90. The molecule has 22 heavy (non-hydrogen) atoms. The molecule has 0 radical (unpaired) electrons. The highest BCUT2D eigenvalue weighted by Gasteiger charge is 2.25. The summed E-state index contributed by atoms with van der Waals surface area (Å²) in [4.78, 5) is 11.2. The van der Waals surface area contributed by atoms with Gasteiger partial charge in [-0.3, -0.25) is 9.97 Å². The Bertz CT molecular complexity index is 696. The maximum absolute atomic E-state index is 9.22. The first kappa shape index (κ1) is 16.5. The summed E-state index contributed by atoms with van der Waals surface area (Å²) in [7, 11) is 2.01. The van der Waals surface area contributed by atoms with Gasteiger partial charge in [0.1, 0.15) is 17.1 Å². The van der Waals surface area contributed by atoms with Gasteiger partial charge in [-0.25, -0.2) is 0 Å². The minimum atomic E-state index is 0. The van der Waals surface area contributed by atoms with E-state index in [4.69, 9.17) is 0 Å². The highest BCUT2D eigenvalue weighted by Crippen LogP contribution is 2.29. The molecule has 0 spiro atoms. The summed E-state index contributed by atoms with van der Waals surface area (Å²) in [6, 6.07) is 6.53. The number of nitrogens with zero attached hydrogens (tertiary/aromatic N) is 4. The number of halogens is 1. The van der Waals surface area contributed by atoms with Gasteiger partial charge in [-0.1, -0.05) is 6.92 Å². The van der Waals surface area contributed by atoms with E-state index in [9.17, 15) is 5.26 Å². The number of aromatic nitrogens is 2. The molecule has 1 aliphatic rings. The van der Waals surface area contributed by atoms with Crippen LogP contribution >= 0.6 is 12.4 Å². The second kappa shape index (κ2) is 6.91. The van der Waals surface area contributed by atoms with Crippen molar-refractivity contribution in [2.45, 2.75) is 19.4 Å². The van der Waals surface area contributed by atoms with E-state index < -0.39 is 0 Å². The fraction of sp³-hybridized carbons (Fsp3) is 0.438. The average Bonchev–Trinajstić information content (AvgIpc) is 2.53. The van der Waals surface area contributed by atoms with Crippen LogP contribution < -0.4 is 10.2 Å². The Balaban J connectivity index is 0.00000176. The maximum atomic E-state index is 9.22. The monoisotopic (exact) mass is 317 g/mol. The summed E-state index contributed by atoms with van der Waals surface area (Å²) in [5, 5.41) is 12.6. The van der Waals surface area contributed by atoms with Crippen molar-refractivity contribution in [1.82, 2.24) is 15.3 Å². The van der Waals surface area contributed by atoms with Gasteiger partial charge in [0.05, 0.1) is 11.3 Å². The summed E-state index contributed by atoms with van der Waals surface area (Å²) in [5.41, 5.74) is 3.17. The zero-order valence-electron chi connectivity index (χ0n) is 12.8. The minimum absolute atomic E-state index is 0.